The average Bonchev–Trinajstić information content (AvgIpc) is 2.74. The first-order chi connectivity index (χ1) is 9.59. The summed E-state index contributed by atoms with van der Waals surface area (Å²) in [6, 6.07) is 13.2. The van der Waals surface area contributed by atoms with Gasteiger partial charge < -0.3 is 10.0 Å². The van der Waals surface area contributed by atoms with Gasteiger partial charge in [0.2, 0.25) is 0 Å². The molecule has 1 heterocycles. The topological polar surface area (TPSA) is 40.5 Å². The lowest BCUT2D eigenvalue weighted by Gasteiger charge is -2.27. The van der Waals surface area contributed by atoms with Crippen LogP contribution in [0.25, 0.3) is 0 Å². The molecule has 0 saturated heterocycles. The monoisotopic (exact) mass is 287 g/mol. The van der Waals surface area contributed by atoms with Gasteiger partial charge in [0.25, 0.3) is 0 Å². The summed E-state index contributed by atoms with van der Waals surface area (Å²) >= 11 is 6.28. The Kier molecular flexibility index (Phi) is 3.14. The number of fused-ring (bicyclic) bond motifs is 1. The van der Waals surface area contributed by atoms with Gasteiger partial charge in [-0.05, 0) is 37.1 Å². The van der Waals surface area contributed by atoms with Crippen LogP contribution in [-0.2, 0) is 6.42 Å². The predicted molar refractivity (Wildman–Crippen MR) is 80.2 cm³/mol. The summed E-state index contributed by atoms with van der Waals surface area (Å²) in [4.78, 5) is 13.5. The number of nitrogens with zero attached hydrogens (tertiary/aromatic N) is 1. The van der Waals surface area contributed by atoms with Crippen LogP contribution in [0.15, 0.2) is 42.5 Å². The van der Waals surface area contributed by atoms with Crippen molar-refractivity contribution in [1.29, 1.82) is 0 Å². The number of hydrogen-bond acceptors (Lipinski definition) is 2. The van der Waals surface area contributed by atoms with Crippen LogP contribution >= 0.6 is 11.6 Å². The van der Waals surface area contributed by atoms with Gasteiger partial charge in [0.15, 0.2) is 0 Å². The second-order valence-corrected chi connectivity index (χ2v) is 5.40. The number of para-hydroxylation sites is 2. The summed E-state index contributed by atoms with van der Waals surface area (Å²) in [7, 11) is 0. The number of carboxylic acid groups (broad SMARTS) is 1. The first-order valence-corrected chi connectivity index (χ1v) is 6.86. The minimum atomic E-state index is -0.959. The third-order valence-electron chi connectivity index (χ3n) is 3.67. The van der Waals surface area contributed by atoms with Gasteiger partial charge in [-0.3, -0.25) is 0 Å². The molecular formula is C16H14ClNO2. The normalized spacial score (nSPS) is 17.1. The van der Waals surface area contributed by atoms with Gasteiger partial charge >= 0.3 is 5.97 Å². The summed E-state index contributed by atoms with van der Waals surface area (Å²) in [5.41, 5.74) is 3.08. The van der Waals surface area contributed by atoms with E-state index in [0.29, 0.717) is 10.7 Å². The molecule has 0 saturated carbocycles. The first-order valence-electron chi connectivity index (χ1n) is 6.48. The van der Waals surface area contributed by atoms with E-state index in [4.69, 9.17) is 11.6 Å². The summed E-state index contributed by atoms with van der Waals surface area (Å²) < 4.78 is 0. The fourth-order valence-electron chi connectivity index (χ4n) is 2.84. The summed E-state index contributed by atoms with van der Waals surface area (Å²) in [5.74, 6) is -0.959. The molecule has 0 spiro atoms. The Morgan fingerprint density at radius 2 is 2.00 bits per heavy atom. The number of halogens is 1. The molecule has 4 heteroatoms. The smallest absolute Gasteiger partial charge is 0.337 e. The molecule has 3 rings (SSSR count). The van der Waals surface area contributed by atoms with Crippen molar-refractivity contribution < 1.29 is 9.90 Å². The molecule has 1 N–H and O–H groups in total. The highest BCUT2D eigenvalue weighted by Gasteiger charge is 2.31. The minimum absolute atomic E-state index is 0.186. The molecule has 1 atom stereocenters. The van der Waals surface area contributed by atoms with Gasteiger partial charge in [-0.1, -0.05) is 35.9 Å². The van der Waals surface area contributed by atoms with Crippen LogP contribution < -0.4 is 4.90 Å². The molecule has 2 aromatic carbocycles. The van der Waals surface area contributed by atoms with Crippen molar-refractivity contribution in [3.8, 4) is 0 Å². The van der Waals surface area contributed by atoms with Gasteiger partial charge in [-0.25, -0.2) is 4.79 Å². The van der Waals surface area contributed by atoms with E-state index in [0.717, 1.165) is 12.1 Å². The van der Waals surface area contributed by atoms with E-state index in [-0.39, 0.29) is 11.6 Å². The second-order valence-electron chi connectivity index (χ2n) is 4.99. The van der Waals surface area contributed by atoms with Crippen molar-refractivity contribution in [3.05, 3.63) is 58.6 Å². The van der Waals surface area contributed by atoms with E-state index in [1.165, 1.54) is 5.56 Å². The molecule has 0 radical (unpaired) electrons. The highest BCUT2D eigenvalue weighted by Crippen LogP contribution is 2.42. The lowest BCUT2D eigenvalue weighted by atomic mass is 10.1. The largest absolute Gasteiger partial charge is 0.478 e. The van der Waals surface area contributed by atoms with Gasteiger partial charge in [-0.2, -0.15) is 0 Å². The van der Waals surface area contributed by atoms with Crippen molar-refractivity contribution in [3.63, 3.8) is 0 Å². The van der Waals surface area contributed by atoms with Crippen LogP contribution in [0.1, 0.15) is 22.8 Å². The molecular weight excluding hydrogens is 274 g/mol. The van der Waals surface area contributed by atoms with Crippen LogP contribution in [0, 0.1) is 0 Å². The van der Waals surface area contributed by atoms with E-state index in [2.05, 4.69) is 13.0 Å². The maximum absolute atomic E-state index is 11.5. The Bertz CT molecular complexity index is 684. The molecule has 2 aromatic rings. The molecule has 1 aliphatic rings. The Morgan fingerprint density at radius 3 is 2.75 bits per heavy atom. The van der Waals surface area contributed by atoms with E-state index in [9.17, 15) is 9.90 Å². The fourth-order valence-corrected chi connectivity index (χ4v) is 3.10. The van der Waals surface area contributed by atoms with E-state index in [1.807, 2.05) is 23.1 Å². The molecule has 0 aromatic heterocycles. The van der Waals surface area contributed by atoms with Crippen LogP contribution in [0.3, 0.4) is 0 Å². The van der Waals surface area contributed by atoms with Crippen molar-refractivity contribution in [2.24, 2.45) is 0 Å². The van der Waals surface area contributed by atoms with Crippen molar-refractivity contribution in [2.75, 3.05) is 4.90 Å². The Balaban J connectivity index is 2.22. The molecule has 3 nitrogen and oxygen atoms in total. The molecule has 1 aliphatic heterocycles. The summed E-state index contributed by atoms with van der Waals surface area (Å²) in [5, 5.41) is 9.87. The number of hydrogen-bond donors (Lipinski definition) is 1. The number of aromatic carboxylic acids is 1. The summed E-state index contributed by atoms with van der Waals surface area (Å²) in [6.45, 7) is 2.08. The zero-order chi connectivity index (χ0) is 14.3. The lowest BCUT2D eigenvalue weighted by molar-refractivity contribution is 0.0697. The molecule has 0 fully saturated rings. The molecule has 1 unspecified atom stereocenters. The standard InChI is InChI=1S/C16H14ClNO2/c1-10-9-11-5-2-3-8-14(11)18(10)15-12(16(19)20)6-4-7-13(15)17/h2-8,10H,9H2,1H3,(H,19,20). The zero-order valence-electron chi connectivity index (χ0n) is 11.0. The lowest BCUT2D eigenvalue weighted by Crippen LogP contribution is -2.26. The third kappa shape index (κ3) is 1.95. The number of carbonyl (C=O) groups is 1. The van der Waals surface area contributed by atoms with Crippen LogP contribution in [0.2, 0.25) is 5.02 Å². The van der Waals surface area contributed by atoms with E-state index in [1.54, 1.807) is 18.2 Å². The van der Waals surface area contributed by atoms with Crippen molar-refractivity contribution in [2.45, 2.75) is 19.4 Å². The predicted octanol–water partition coefficient (Wildman–Crippen LogP) is 4.12. The quantitative estimate of drug-likeness (QED) is 0.903. The minimum Gasteiger partial charge on any atom is -0.478 e. The number of anilines is 2. The van der Waals surface area contributed by atoms with Crippen LogP contribution in [-0.4, -0.2) is 17.1 Å². The number of benzene rings is 2. The maximum atomic E-state index is 11.5. The molecule has 102 valence electrons. The number of rotatable bonds is 2. The highest BCUT2D eigenvalue weighted by molar-refractivity contribution is 6.34. The first kappa shape index (κ1) is 13.0. The molecule has 0 bridgehead atoms. The van der Waals surface area contributed by atoms with Gasteiger partial charge in [-0.15, -0.1) is 0 Å². The molecule has 20 heavy (non-hydrogen) atoms. The SMILES string of the molecule is CC1Cc2ccccc2N1c1c(Cl)cccc1C(=O)O. The maximum Gasteiger partial charge on any atom is 0.337 e. The van der Waals surface area contributed by atoms with E-state index >= 15 is 0 Å². The van der Waals surface area contributed by atoms with Gasteiger partial charge in [0, 0.05) is 11.7 Å². The summed E-state index contributed by atoms with van der Waals surface area (Å²) in [6.07, 6.45) is 0.889. The Morgan fingerprint density at radius 1 is 1.25 bits per heavy atom. The average molecular weight is 288 g/mol. The molecule has 0 aliphatic carbocycles. The Hall–Kier alpha value is -2.00. The van der Waals surface area contributed by atoms with Crippen molar-refractivity contribution >= 4 is 28.9 Å². The van der Waals surface area contributed by atoms with E-state index < -0.39 is 5.97 Å². The Labute approximate surface area is 122 Å². The second kappa shape index (κ2) is 4.84. The van der Waals surface area contributed by atoms with Crippen LogP contribution in [0.5, 0.6) is 0 Å². The highest BCUT2D eigenvalue weighted by atomic mass is 35.5. The van der Waals surface area contributed by atoms with Crippen LogP contribution in [0.4, 0.5) is 11.4 Å². The zero-order valence-corrected chi connectivity index (χ0v) is 11.8. The number of carboxylic acids is 1. The van der Waals surface area contributed by atoms with Gasteiger partial charge in [0.05, 0.1) is 16.3 Å². The van der Waals surface area contributed by atoms with Crippen molar-refractivity contribution in [1.82, 2.24) is 0 Å². The third-order valence-corrected chi connectivity index (χ3v) is 3.97. The molecule has 0 amide bonds. The van der Waals surface area contributed by atoms with Gasteiger partial charge in [0.1, 0.15) is 0 Å². The fraction of sp³-hybridized carbons (Fsp3) is 0.188.